The molecule has 1 atom stereocenters. The second-order valence-corrected chi connectivity index (χ2v) is 4.50. The van der Waals surface area contributed by atoms with E-state index in [4.69, 9.17) is 9.26 Å². The van der Waals surface area contributed by atoms with E-state index in [0.717, 1.165) is 0 Å². The molecule has 1 aromatic rings. The monoisotopic (exact) mass is 216 g/mol. The maximum absolute atomic E-state index is 11.6. The average Bonchev–Trinajstić information content (AvgIpc) is 2.19. The molecule has 0 fully saturated rings. The van der Waals surface area contributed by atoms with E-state index in [-0.39, 0.29) is 6.61 Å². The van der Waals surface area contributed by atoms with Gasteiger partial charge >= 0.3 is 7.60 Å². The number of hydrogen-bond acceptors (Lipinski definition) is 3. The Labute approximate surface area is 83.0 Å². The number of rotatable bonds is 5. The zero-order valence-corrected chi connectivity index (χ0v) is 8.81. The first-order valence-corrected chi connectivity index (χ1v) is 5.76. The van der Waals surface area contributed by atoms with Crippen molar-refractivity contribution in [2.75, 3.05) is 20.3 Å². The minimum Gasteiger partial charge on any atom is -0.382 e. The van der Waals surface area contributed by atoms with Crippen LogP contribution in [0.5, 0.6) is 0 Å². The summed E-state index contributed by atoms with van der Waals surface area (Å²) >= 11 is 0. The normalized spacial score (nSPS) is 15.0. The van der Waals surface area contributed by atoms with Gasteiger partial charge in [-0.2, -0.15) is 0 Å². The maximum Gasteiger partial charge on any atom is 0.358 e. The summed E-state index contributed by atoms with van der Waals surface area (Å²) in [4.78, 5) is 9.49. The second kappa shape index (κ2) is 5.27. The van der Waals surface area contributed by atoms with Crippen LogP contribution in [-0.4, -0.2) is 25.2 Å². The SMILES string of the molecule is COCCOP(=O)(O)c1ccccc1. The number of hydrogen-bond donors (Lipinski definition) is 1. The first kappa shape index (κ1) is 11.4. The molecular weight excluding hydrogens is 203 g/mol. The second-order valence-electron chi connectivity index (χ2n) is 2.68. The Hall–Kier alpha value is -0.670. The van der Waals surface area contributed by atoms with Gasteiger partial charge in [0, 0.05) is 7.11 Å². The fraction of sp³-hybridized carbons (Fsp3) is 0.333. The topological polar surface area (TPSA) is 55.8 Å². The number of ether oxygens (including phenoxy) is 1. The molecule has 1 N–H and O–H groups in total. The molecule has 0 amide bonds. The number of benzene rings is 1. The van der Waals surface area contributed by atoms with E-state index in [0.29, 0.717) is 11.9 Å². The molecule has 5 heteroatoms. The highest BCUT2D eigenvalue weighted by atomic mass is 31.2. The van der Waals surface area contributed by atoms with Crippen molar-refractivity contribution in [3.05, 3.63) is 30.3 Å². The van der Waals surface area contributed by atoms with Crippen molar-refractivity contribution in [3.8, 4) is 0 Å². The van der Waals surface area contributed by atoms with Crippen molar-refractivity contribution >= 4 is 12.9 Å². The highest BCUT2D eigenvalue weighted by molar-refractivity contribution is 7.61. The van der Waals surface area contributed by atoms with E-state index in [1.54, 1.807) is 30.3 Å². The first-order valence-electron chi connectivity index (χ1n) is 4.19. The van der Waals surface area contributed by atoms with Crippen LogP contribution in [0.15, 0.2) is 30.3 Å². The Balaban J connectivity index is 2.62. The molecule has 0 aromatic heterocycles. The number of methoxy groups -OCH3 is 1. The molecule has 0 aliphatic carbocycles. The van der Waals surface area contributed by atoms with Crippen LogP contribution >= 0.6 is 7.60 Å². The molecule has 0 saturated heterocycles. The van der Waals surface area contributed by atoms with Gasteiger partial charge in [0.25, 0.3) is 0 Å². The van der Waals surface area contributed by atoms with Gasteiger partial charge in [-0.15, -0.1) is 0 Å². The van der Waals surface area contributed by atoms with E-state index in [1.165, 1.54) is 7.11 Å². The zero-order valence-electron chi connectivity index (χ0n) is 7.92. The van der Waals surface area contributed by atoms with Gasteiger partial charge in [0.1, 0.15) is 0 Å². The van der Waals surface area contributed by atoms with E-state index >= 15 is 0 Å². The van der Waals surface area contributed by atoms with Crippen molar-refractivity contribution in [1.29, 1.82) is 0 Å². The van der Waals surface area contributed by atoms with Crippen LogP contribution < -0.4 is 5.30 Å². The molecule has 78 valence electrons. The van der Waals surface area contributed by atoms with Crippen LogP contribution in [0.1, 0.15) is 0 Å². The minimum atomic E-state index is -3.65. The lowest BCUT2D eigenvalue weighted by Gasteiger charge is -2.11. The van der Waals surface area contributed by atoms with Crippen molar-refractivity contribution in [1.82, 2.24) is 0 Å². The Bertz CT molecular complexity index is 312. The fourth-order valence-corrected chi connectivity index (χ4v) is 1.96. The molecule has 1 aromatic carbocycles. The summed E-state index contributed by atoms with van der Waals surface area (Å²) in [5.74, 6) is 0. The van der Waals surface area contributed by atoms with Crippen molar-refractivity contribution in [2.45, 2.75) is 0 Å². The summed E-state index contributed by atoms with van der Waals surface area (Å²) in [5, 5.41) is 0.302. The van der Waals surface area contributed by atoms with Crippen molar-refractivity contribution in [2.24, 2.45) is 0 Å². The molecule has 0 saturated carbocycles. The van der Waals surface area contributed by atoms with Crippen LogP contribution in [-0.2, 0) is 13.8 Å². The van der Waals surface area contributed by atoms with Crippen LogP contribution in [0, 0.1) is 0 Å². The summed E-state index contributed by atoms with van der Waals surface area (Å²) in [6.07, 6.45) is 0. The predicted octanol–water partition coefficient (Wildman–Crippen LogP) is 1.16. The first-order chi connectivity index (χ1) is 6.67. The van der Waals surface area contributed by atoms with Gasteiger partial charge in [-0.3, -0.25) is 4.57 Å². The molecule has 1 unspecified atom stereocenters. The third kappa shape index (κ3) is 3.24. The van der Waals surface area contributed by atoms with Crippen molar-refractivity contribution < 1.29 is 18.7 Å². The molecule has 1 rings (SSSR count). The molecule has 4 nitrogen and oxygen atoms in total. The van der Waals surface area contributed by atoms with Gasteiger partial charge in [-0.1, -0.05) is 18.2 Å². The summed E-state index contributed by atoms with van der Waals surface area (Å²) < 4.78 is 21.1. The minimum absolute atomic E-state index is 0.110. The highest BCUT2D eigenvalue weighted by Gasteiger charge is 2.21. The van der Waals surface area contributed by atoms with Gasteiger partial charge in [0.2, 0.25) is 0 Å². The molecule has 0 bridgehead atoms. The van der Waals surface area contributed by atoms with Gasteiger partial charge in [-0.25, -0.2) is 0 Å². The van der Waals surface area contributed by atoms with Crippen molar-refractivity contribution in [3.63, 3.8) is 0 Å². The Kier molecular flexibility index (Phi) is 4.29. The smallest absolute Gasteiger partial charge is 0.358 e. The standard InChI is InChI=1S/C9H13O4P/c1-12-7-8-13-14(10,11)9-5-3-2-4-6-9/h2-6H,7-8H2,1H3,(H,10,11). The van der Waals surface area contributed by atoms with Gasteiger partial charge in [-0.05, 0) is 12.1 Å². The van der Waals surface area contributed by atoms with Crippen LogP contribution in [0.4, 0.5) is 0 Å². The Morgan fingerprint density at radius 3 is 2.50 bits per heavy atom. The van der Waals surface area contributed by atoms with Gasteiger partial charge in [0.05, 0.1) is 18.5 Å². The molecule has 0 radical (unpaired) electrons. The summed E-state index contributed by atoms with van der Waals surface area (Å²) in [6, 6.07) is 8.29. The third-order valence-corrected chi connectivity index (χ3v) is 3.12. The largest absolute Gasteiger partial charge is 0.382 e. The summed E-state index contributed by atoms with van der Waals surface area (Å²) in [5.41, 5.74) is 0. The lowest BCUT2D eigenvalue weighted by atomic mass is 10.4. The van der Waals surface area contributed by atoms with Gasteiger partial charge in [0.15, 0.2) is 0 Å². The van der Waals surface area contributed by atoms with E-state index in [9.17, 15) is 9.46 Å². The predicted molar refractivity (Wildman–Crippen MR) is 53.7 cm³/mol. The van der Waals surface area contributed by atoms with E-state index < -0.39 is 7.60 Å². The Morgan fingerprint density at radius 2 is 1.93 bits per heavy atom. The van der Waals surface area contributed by atoms with Crippen LogP contribution in [0.2, 0.25) is 0 Å². The lowest BCUT2D eigenvalue weighted by molar-refractivity contribution is 0.140. The Morgan fingerprint density at radius 1 is 1.29 bits per heavy atom. The molecule has 0 heterocycles. The summed E-state index contributed by atoms with van der Waals surface area (Å²) in [6.45, 7) is 0.413. The van der Waals surface area contributed by atoms with E-state index in [2.05, 4.69) is 0 Å². The molecular formula is C9H13O4P. The molecule has 14 heavy (non-hydrogen) atoms. The van der Waals surface area contributed by atoms with E-state index in [1.807, 2.05) is 0 Å². The average molecular weight is 216 g/mol. The van der Waals surface area contributed by atoms with Crippen LogP contribution in [0.25, 0.3) is 0 Å². The zero-order chi connectivity index (χ0) is 10.4. The lowest BCUT2D eigenvalue weighted by Crippen LogP contribution is -2.09. The fourth-order valence-electron chi connectivity index (χ4n) is 0.935. The molecule has 0 aliphatic heterocycles. The summed E-state index contributed by atoms with van der Waals surface area (Å²) in [7, 11) is -2.15. The quantitative estimate of drug-likeness (QED) is 0.592. The maximum atomic E-state index is 11.6. The molecule has 0 aliphatic rings. The highest BCUT2D eigenvalue weighted by Crippen LogP contribution is 2.39. The third-order valence-electron chi connectivity index (χ3n) is 1.64. The van der Waals surface area contributed by atoms with Gasteiger partial charge < -0.3 is 14.2 Å². The van der Waals surface area contributed by atoms with Crippen LogP contribution in [0.3, 0.4) is 0 Å². The molecule has 0 spiro atoms.